The fourth-order valence-corrected chi connectivity index (χ4v) is 4.01. The van der Waals surface area contributed by atoms with Crippen LogP contribution in [0.1, 0.15) is 17.3 Å². The van der Waals surface area contributed by atoms with Gasteiger partial charge in [0.15, 0.2) is 5.82 Å². The molecule has 0 aliphatic carbocycles. The van der Waals surface area contributed by atoms with E-state index < -0.39 is 12.1 Å². The Hall–Kier alpha value is -3.16. The molecule has 1 saturated heterocycles. The number of alkyl halides is 1. The molecule has 1 aliphatic rings. The number of ether oxygens (including phenoxy) is 1. The molecule has 0 bridgehead atoms. The number of pyridine rings is 1. The van der Waals surface area contributed by atoms with Gasteiger partial charge < -0.3 is 15.0 Å². The van der Waals surface area contributed by atoms with Gasteiger partial charge >= 0.3 is 6.01 Å². The first-order chi connectivity index (χ1) is 15.5. The highest BCUT2D eigenvalue weighted by Crippen LogP contribution is 2.37. The minimum absolute atomic E-state index is 0.0633. The number of hydrogen-bond acceptors (Lipinski definition) is 7. The zero-order chi connectivity index (χ0) is 22.7. The van der Waals surface area contributed by atoms with Crippen LogP contribution in [0.3, 0.4) is 0 Å². The summed E-state index contributed by atoms with van der Waals surface area (Å²) < 4.78 is 19.3. The zero-order valence-electron chi connectivity index (χ0n) is 17.5. The van der Waals surface area contributed by atoms with Crippen LogP contribution in [0.2, 0.25) is 0 Å². The van der Waals surface area contributed by atoms with Gasteiger partial charge in [-0.2, -0.15) is 0 Å². The van der Waals surface area contributed by atoms with Crippen LogP contribution in [0.5, 0.6) is 6.01 Å². The summed E-state index contributed by atoms with van der Waals surface area (Å²) in [5.74, 6) is -0.00768. The molecule has 10 heteroatoms. The molecule has 0 saturated carbocycles. The van der Waals surface area contributed by atoms with E-state index in [-0.39, 0.29) is 30.8 Å². The molecular formula is C22H24FN6O2P. The van der Waals surface area contributed by atoms with Gasteiger partial charge in [-0.1, -0.05) is 31.2 Å². The summed E-state index contributed by atoms with van der Waals surface area (Å²) in [6.07, 6.45) is 3.45. The highest BCUT2D eigenvalue weighted by Gasteiger charge is 2.32. The van der Waals surface area contributed by atoms with Gasteiger partial charge in [-0.05, 0) is 16.9 Å². The van der Waals surface area contributed by atoms with Gasteiger partial charge in [0.25, 0.3) is 5.91 Å². The number of rotatable bonds is 6. The van der Waals surface area contributed by atoms with Gasteiger partial charge in [0.05, 0.1) is 17.8 Å². The average molecular weight is 454 g/mol. The number of nitrogens with one attached hydrogen (secondary N) is 1. The zero-order valence-corrected chi connectivity index (χ0v) is 18.7. The van der Waals surface area contributed by atoms with E-state index in [1.807, 2.05) is 42.2 Å². The predicted octanol–water partition coefficient (Wildman–Crippen LogP) is 2.38. The van der Waals surface area contributed by atoms with E-state index in [9.17, 15) is 9.18 Å². The third-order valence-corrected chi connectivity index (χ3v) is 5.85. The quantitative estimate of drug-likeness (QED) is 0.435. The van der Waals surface area contributed by atoms with Crippen molar-refractivity contribution >= 4 is 32.0 Å². The fourth-order valence-electron chi connectivity index (χ4n) is 3.65. The second-order valence-corrected chi connectivity index (χ2v) is 8.18. The highest BCUT2D eigenvalue weighted by atomic mass is 31.0. The number of carbonyl (C=O) groups is 1. The Morgan fingerprint density at radius 3 is 2.62 bits per heavy atom. The van der Waals surface area contributed by atoms with E-state index in [4.69, 9.17) is 10.5 Å². The number of anilines is 2. The highest BCUT2D eigenvalue weighted by molar-refractivity contribution is 7.28. The van der Waals surface area contributed by atoms with Crippen molar-refractivity contribution in [2.24, 2.45) is 11.7 Å². The molecule has 1 aromatic carbocycles. The molecule has 166 valence electrons. The molecule has 3 atom stereocenters. The normalized spacial score (nSPS) is 17.9. The monoisotopic (exact) mass is 454 g/mol. The van der Waals surface area contributed by atoms with Crippen molar-refractivity contribution in [3.8, 4) is 17.1 Å². The Morgan fingerprint density at radius 1 is 1.22 bits per heavy atom. The van der Waals surface area contributed by atoms with Crippen molar-refractivity contribution in [1.29, 1.82) is 0 Å². The molecule has 1 fully saturated rings. The molecule has 1 unspecified atom stereocenters. The molecule has 3 aromatic rings. The van der Waals surface area contributed by atoms with Crippen LogP contribution in [0, 0.1) is 5.92 Å². The van der Waals surface area contributed by atoms with Crippen LogP contribution < -0.4 is 26.0 Å². The fraction of sp³-hybridized carbons (Fsp3) is 0.273. The second-order valence-electron chi connectivity index (χ2n) is 7.56. The summed E-state index contributed by atoms with van der Waals surface area (Å²) >= 11 is 0. The molecular weight excluding hydrogens is 430 g/mol. The number of benzene rings is 1. The van der Waals surface area contributed by atoms with E-state index in [2.05, 4.69) is 29.5 Å². The van der Waals surface area contributed by atoms with Crippen molar-refractivity contribution in [2.75, 3.05) is 30.0 Å². The van der Waals surface area contributed by atoms with Crippen molar-refractivity contribution in [2.45, 2.75) is 13.1 Å². The van der Waals surface area contributed by atoms with Gasteiger partial charge in [-0.3, -0.25) is 10.5 Å². The standard InChI is InChI=1S/C22H24FN6O2P/c1-13-10-29(11-17(13)23)20-19(16(6-7-25-20)15-4-2-3-5-18(15)32)28-21(30)14-8-26-22(27-9-14)31-12-24/h2-9,13,17H,10-12,24,32H2,1H3,(H,28,30)/t13-,17+/m0/s1. The second kappa shape index (κ2) is 9.54. The van der Waals surface area contributed by atoms with Crippen LogP contribution in [0.25, 0.3) is 11.1 Å². The number of amides is 1. The van der Waals surface area contributed by atoms with Crippen LogP contribution in [-0.4, -0.2) is 46.9 Å². The molecule has 4 rings (SSSR count). The first-order valence-corrected chi connectivity index (χ1v) is 10.7. The average Bonchev–Trinajstić information content (AvgIpc) is 3.13. The summed E-state index contributed by atoms with van der Waals surface area (Å²) in [7, 11) is 2.70. The number of halogens is 1. The minimum Gasteiger partial charge on any atom is -0.448 e. The number of carbonyl (C=O) groups excluding carboxylic acids is 1. The molecule has 2 aromatic heterocycles. The molecule has 32 heavy (non-hydrogen) atoms. The number of hydrogen-bond donors (Lipinski definition) is 2. The molecule has 3 heterocycles. The van der Waals surface area contributed by atoms with Crippen molar-refractivity contribution in [3.05, 3.63) is 54.5 Å². The van der Waals surface area contributed by atoms with Gasteiger partial charge in [0, 0.05) is 36.6 Å². The summed E-state index contributed by atoms with van der Waals surface area (Å²) in [6.45, 7) is 2.54. The Labute approximate surface area is 187 Å². The largest absolute Gasteiger partial charge is 0.448 e. The van der Waals surface area contributed by atoms with Crippen molar-refractivity contribution < 1.29 is 13.9 Å². The Bertz CT molecular complexity index is 1100. The lowest BCUT2D eigenvalue weighted by Crippen LogP contribution is -2.24. The predicted molar refractivity (Wildman–Crippen MR) is 125 cm³/mol. The summed E-state index contributed by atoms with van der Waals surface area (Å²) in [6, 6.07) is 9.71. The molecule has 8 nitrogen and oxygen atoms in total. The lowest BCUT2D eigenvalue weighted by Gasteiger charge is -2.23. The summed E-state index contributed by atoms with van der Waals surface area (Å²) in [4.78, 5) is 27.4. The Morgan fingerprint density at radius 2 is 1.97 bits per heavy atom. The van der Waals surface area contributed by atoms with Crippen molar-refractivity contribution in [3.63, 3.8) is 0 Å². The first-order valence-electron chi connectivity index (χ1n) is 10.2. The van der Waals surface area contributed by atoms with E-state index >= 15 is 0 Å². The summed E-state index contributed by atoms with van der Waals surface area (Å²) in [5.41, 5.74) is 7.78. The third kappa shape index (κ3) is 4.54. The maximum Gasteiger partial charge on any atom is 0.317 e. The number of nitrogens with two attached hydrogens (primary N) is 1. The lowest BCUT2D eigenvalue weighted by atomic mass is 10.0. The smallest absolute Gasteiger partial charge is 0.317 e. The number of aromatic nitrogens is 3. The maximum atomic E-state index is 14.3. The molecule has 1 aliphatic heterocycles. The van der Waals surface area contributed by atoms with Gasteiger partial charge in [-0.15, -0.1) is 9.24 Å². The Balaban J connectivity index is 1.74. The maximum absolute atomic E-state index is 14.3. The topological polar surface area (TPSA) is 106 Å². The first kappa shape index (κ1) is 22.0. The minimum atomic E-state index is -0.957. The molecule has 0 spiro atoms. The van der Waals surface area contributed by atoms with Crippen LogP contribution >= 0.6 is 9.24 Å². The lowest BCUT2D eigenvalue weighted by molar-refractivity contribution is 0.102. The van der Waals surface area contributed by atoms with Crippen LogP contribution in [0.15, 0.2) is 48.9 Å². The van der Waals surface area contributed by atoms with Crippen molar-refractivity contribution in [1.82, 2.24) is 15.0 Å². The third-order valence-electron chi connectivity index (χ3n) is 5.34. The Kier molecular flexibility index (Phi) is 6.58. The SMILES string of the molecule is C[C@H]1CN(c2nccc(-c3ccccc3P)c2NC(=O)c2cnc(OCN)nc2)C[C@H]1F. The number of nitrogens with zero attached hydrogens (tertiary/aromatic N) is 4. The molecule has 0 radical (unpaired) electrons. The summed E-state index contributed by atoms with van der Waals surface area (Å²) in [5, 5.41) is 3.92. The van der Waals surface area contributed by atoms with E-state index in [0.29, 0.717) is 18.1 Å². The van der Waals surface area contributed by atoms with Crippen LogP contribution in [-0.2, 0) is 0 Å². The van der Waals surface area contributed by atoms with Gasteiger partial charge in [-0.25, -0.2) is 19.3 Å². The van der Waals surface area contributed by atoms with Gasteiger partial charge in [0.1, 0.15) is 12.9 Å². The molecule has 1 amide bonds. The van der Waals surface area contributed by atoms with Gasteiger partial charge in [0.2, 0.25) is 0 Å². The van der Waals surface area contributed by atoms with E-state index in [1.54, 1.807) is 6.20 Å². The molecule has 3 N–H and O–H groups in total. The van der Waals surface area contributed by atoms with Crippen LogP contribution in [0.4, 0.5) is 15.9 Å². The van der Waals surface area contributed by atoms with E-state index in [1.165, 1.54) is 12.4 Å². The van der Waals surface area contributed by atoms with E-state index in [0.717, 1.165) is 16.4 Å².